The number of nitrogens with zero attached hydrogens (tertiary/aromatic N) is 8. The van der Waals surface area contributed by atoms with Crippen LogP contribution in [0.2, 0.25) is 0 Å². The minimum absolute atomic E-state index is 0.0453. The molecule has 4 N–H and O–H groups in total. The van der Waals surface area contributed by atoms with Crippen LogP contribution in [0.25, 0.3) is 5.57 Å². The van der Waals surface area contributed by atoms with Gasteiger partial charge in [0.1, 0.15) is 17.7 Å². The molecule has 3 aromatic rings. The van der Waals surface area contributed by atoms with Gasteiger partial charge in [0, 0.05) is 118 Å². The van der Waals surface area contributed by atoms with Gasteiger partial charge in [-0.2, -0.15) is 0 Å². The number of nitrogens with one attached hydrogen (secondary N) is 4. The number of carbonyl (C=O) groups is 2. The number of hydrogen-bond donors (Lipinski definition) is 4. The number of rotatable bonds is 16. The number of anilines is 4. The van der Waals surface area contributed by atoms with Crippen molar-refractivity contribution in [1.29, 1.82) is 0 Å². The summed E-state index contributed by atoms with van der Waals surface area (Å²) in [4.78, 5) is 47.8. The van der Waals surface area contributed by atoms with Gasteiger partial charge in [0.15, 0.2) is 5.82 Å². The number of allylic oxidation sites excluding steroid dienone is 2. The van der Waals surface area contributed by atoms with Crippen molar-refractivity contribution in [3.8, 4) is 0 Å². The standard InChI is InChI=1S/C44H54F2N12O2S/c1-6-34-35(30(4)40-36(45)13-15-37(41(40)46)53-61-54(5)7-2)26-48-42(34)47-17-16-31-24-49-44(50-25-31)58-23-22-57(28-58)39(59)27-55-18-20-56(21-19-55)33-11-9-32(10-12-33)52-38-14-8-29(3)51-43(38)60/h6,9-13,15,17,24-25,35,38,48,52-53H,1,3-4,7-8,14,16,18-23,26-28H2,2,5H3,(H,51,60)/b47-17-. The summed E-state index contributed by atoms with van der Waals surface area (Å²) in [6.07, 6.45) is 8.86. The van der Waals surface area contributed by atoms with Gasteiger partial charge in [0.05, 0.1) is 24.5 Å². The number of amides is 2. The maximum absolute atomic E-state index is 15.6. The third-order valence-electron chi connectivity index (χ3n) is 11.4. The molecular weight excluding hydrogens is 799 g/mol. The minimum Gasteiger partial charge on any atom is -0.374 e. The van der Waals surface area contributed by atoms with Gasteiger partial charge in [-0.05, 0) is 67.4 Å². The van der Waals surface area contributed by atoms with Crippen molar-refractivity contribution in [1.82, 2.24) is 34.7 Å². The van der Waals surface area contributed by atoms with Crippen LogP contribution in [0.4, 0.5) is 31.8 Å². The Morgan fingerprint density at radius 1 is 1.07 bits per heavy atom. The molecule has 2 atom stereocenters. The van der Waals surface area contributed by atoms with Crippen molar-refractivity contribution in [3.05, 3.63) is 114 Å². The topological polar surface area (TPSA) is 137 Å². The first-order chi connectivity index (χ1) is 29.5. The molecule has 14 nitrogen and oxygen atoms in total. The van der Waals surface area contributed by atoms with Crippen LogP contribution < -0.4 is 30.5 Å². The van der Waals surface area contributed by atoms with Crippen LogP contribution in [0, 0.1) is 17.6 Å². The largest absolute Gasteiger partial charge is 0.374 e. The van der Waals surface area contributed by atoms with Crippen molar-refractivity contribution in [2.45, 2.75) is 32.2 Å². The first kappa shape index (κ1) is 43.3. The zero-order valence-corrected chi connectivity index (χ0v) is 35.6. The van der Waals surface area contributed by atoms with E-state index in [0.29, 0.717) is 62.2 Å². The summed E-state index contributed by atoms with van der Waals surface area (Å²) in [6.45, 7) is 20.2. The molecule has 2 unspecified atom stereocenters. The summed E-state index contributed by atoms with van der Waals surface area (Å²) in [5.41, 5.74) is 4.67. The molecule has 2 aromatic carbocycles. The molecule has 0 radical (unpaired) electrons. The molecule has 4 aliphatic heterocycles. The Kier molecular flexibility index (Phi) is 14.0. The third-order valence-corrected chi connectivity index (χ3v) is 12.3. The monoisotopic (exact) mass is 852 g/mol. The molecule has 4 aliphatic rings. The molecule has 0 aliphatic carbocycles. The van der Waals surface area contributed by atoms with Crippen LogP contribution >= 0.6 is 12.1 Å². The van der Waals surface area contributed by atoms with Gasteiger partial charge in [0.25, 0.3) is 0 Å². The fourth-order valence-electron chi connectivity index (χ4n) is 7.69. The van der Waals surface area contributed by atoms with E-state index in [-0.39, 0.29) is 29.1 Å². The summed E-state index contributed by atoms with van der Waals surface area (Å²) < 4.78 is 35.4. The lowest BCUT2D eigenvalue weighted by Crippen LogP contribution is -2.50. The Morgan fingerprint density at radius 3 is 2.51 bits per heavy atom. The van der Waals surface area contributed by atoms with E-state index in [1.807, 2.05) is 40.2 Å². The number of aromatic nitrogens is 2. The Balaban J connectivity index is 0.856. The first-order valence-corrected chi connectivity index (χ1v) is 21.4. The molecule has 7 rings (SSSR count). The van der Waals surface area contributed by atoms with Gasteiger partial charge < -0.3 is 35.4 Å². The normalized spacial score (nSPS) is 19.8. The van der Waals surface area contributed by atoms with Gasteiger partial charge in [-0.3, -0.25) is 14.5 Å². The first-order valence-electron chi connectivity index (χ1n) is 20.6. The Hall–Kier alpha value is -5.78. The summed E-state index contributed by atoms with van der Waals surface area (Å²) in [7, 11) is 1.87. The molecule has 0 spiro atoms. The molecule has 5 heterocycles. The van der Waals surface area contributed by atoms with Crippen molar-refractivity contribution >= 4 is 58.7 Å². The average Bonchev–Trinajstić information content (AvgIpc) is 3.93. The van der Waals surface area contributed by atoms with Crippen LogP contribution in [-0.4, -0.2) is 121 Å². The van der Waals surface area contributed by atoms with E-state index in [1.54, 1.807) is 24.7 Å². The predicted molar refractivity (Wildman–Crippen MR) is 241 cm³/mol. The number of halogens is 2. The van der Waals surface area contributed by atoms with Crippen molar-refractivity contribution < 1.29 is 18.4 Å². The summed E-state index contributed by atoms with van der Waals surface area (Å²) in [5, 5.41) is 9.39. The van der Waals surface area contributed by atoms with Gasteiger partial charge in [-0.15, -0.1) is 0 Å². The predicted octanol–water partition coefficient (Wildman–Crippen LogP) is 5.26. The lowest BCUT2D eigenvalue weighted by atomic mass is 9.88. The van der Waals surface area contributed by atoms with E-state index in [4.69, 9.17) is 0 Å². The molecule has 0 saturated carbocycles. The van der Waals surface area contributed by atoms with E-state index in [1.165, 1.54) is 24.3 Å². The maximum atomic E-state index is 15.6. The molecule has 3 fully saturated rings. The van der Waals surface area contributed by atoms with Crippen LogP contribution in [0.3, 0.4) is 0 Å². The van der Waals surface area contributed by atoms with E-state index in [2.05, 4.69) is 77.3 Å². The third kappa shape index (κ3) is 10.4. The van der Waals surface area contributed by atoms with Crippen molar-refractivity contribution in [2.24, 2.45) is 10.9 Å². The van der Waals surface area contributed by atoms with Crippen LogP contribution in [0.1, 0.15) is 30.9 Å². The molecule has 322 valence electrons. The smallest absolute Gasteiger partial charge is 0.246 e. The number of carbonyl (C=O) groups excluding carboxylic acids is 2. The molecule has 1 aromatic heterocycles. The highest BCUT2D eigenvalue weighted by Crippen LogP contribution is 2.38. The van der Waals surface area contributed by atoms with Gasteiger partial charge in [-0.1, -0.05) is 32.7 Å². The average molecular weight is 853 g/mol. The number of aliphatic imine (C=N–C) groups is 1. The van der Waals surface area contributed by atoms with Gasteiger partial charge in [0.2, 0.25) is 17.8 Å². The van der Waals surface area contributed by atoms with Crippen LogP contribution in [-0.2, 0) is 16.0 Å². The molecule has 0 bridgehead atoms. The van der Waals surface area contributed by atoms with Crippen LogP contribution in [0.15, 0.2) is 96.7 Å². The number of piperazine rings is 1. The quantitative estimate of drug-likeness (QED) is 0.111. The highest BCUT2D eigenvalue weighted by Gasteiger charge is 2.31. The molecule has 3 saturated heterocycles. The van der Waals surface area contributed by atoms with Crippen molar-refractivity contribution in [3.63, 3.8) is 0 Å². The van der Waals surface area contributed by atoms with Gasteiger partial charge in [-0.25, -0.2) is 28.0 Å². The van der Waals surface area contributed by atoms with E-state index < -0.39 is 17.6 Å². The fraction of sp³-hybridized carbons (Fsp3) is 0.386. The Bertz CT molecular complexity index is 2180. The lowest BCUT2D eigenvalue weighted by molar-refractivity contribution is -0.131. The van der Waals surface area contributed by atoms with Gasteiger partial charge >= 0.3 is 0 Å². The van der Waals surface area contributed by atoms with E-state index in [0.717, 1.165) is 68.2 Å². The second kappa shape index (κ2) is 19.7. The number of benzene rings is 2. The van der Waals surface area contributed by atoms with Crippen LogP contribution in [0.5, 0.6) is 0 Å². The number of piperidine rings is 1. The van der Waals surface area contributed by atoms with E-state index >= 15 is 8.78 Å². The molecular formula is C44H54F2N12O2S. The second-order valence-electron chi connectivity index (χ2n) is 15.5. The Morgan fingerprint density at radius 2 is 1.80 bits per heavy atom. The number of hydrogen-bond acceptors (Lipinski definition) is 13. The molecule has 61 heavy (non-hydrogen) atoms. The molecule has 2 amide bonds. The summed E-state index contributed by atoms with van der Waals surface area (Å²) in [5.74, 6) is -0.632. The lowest BCUT2D eigenvalue weighted by Gasteiger charge is -2.36. The Labute approximate surface area is 360 Å². The summed E-state index contributed by atoms with van der Waals surface area (Å²) in [6, 6.07) is 10.5. The SMILES string of the molecule is C=CC1=C(/N=C\Cc2cnc(N3CCN(C(=O)CN4CCN(c5ccc(NC6CCC(=C)NC6=O)cc5)CC4)C3)nc2)NCC1C(=C)c1c(F)ccc(NSN(C)CC)c1F. The van der Waals surface area contributed by atoms with E-state index in [9.17, 15) is 9.59 Å². The maximum Gasteiger partial charge on any atom is 0.246 e. The highest BCUT2D eigenvalue weighted by atomic mass is 32.2. The summed E-state index contributed by atoms with van der Waals surface area (Å²) >= 11 is 1.23. The second-order valence-corrected chi connectivity index (χ2v) is 16.5. The van der Waals surface area contributed by atoms with Crippen molar-refractivity contribution in [2.75, 3.05) is 92.5 Å². The zero-order valence-electron chi connectivity index (χ0n) is 34.8. The molecule has 17 heteroatoms. The fourth-order valence-corrected chi connectivity index (χ4v) is 8.23. The zero-order chi connectivity index (χ0) is 43.0. The highest BCUT2D eigenvalue weighted by molar-refractivity contribution is 7.98. The minimum atomic E-state index is -0.696.